The van der Waals surface area contributed by atoms with Gasteiger partial charge in [0.25, 0.3) is 0 Å². The normalized spacial score (nSPS) is 11.6. The average Bonchev–Trinajstić information content (AvgIpc) is 1.99. The van der Waals surface area contributed by atoms with Gasteiger partial charge in [-0.3, -0.25) is 9.59 Å². The van der Waals surface area contributed by atoms with Crippen molar-refractivity contribution in [2.75, 3.05) is 7.11 Å². The van der Waals surface area contributed by atoms with Crippen LogP contribution in [-0.4, -0.2) is 25.3 Å². The van der Waals surface area contributed by atoms with Crippen molar-refractivity contribution in [1.29, 1.82) is 0 Å². The van der Waals surface area contributed by atoms with E-state index in [-0.39, 0.29) is 12.7 Å². The number of rotatable bonds is 4. The van der Waals surface area contributed by atoms with E-state index in [2.05, 4.69) is 10.7 Å². The minimum absolute atomic E-state index is 0.147. The zero-order valence-electron chi connectivity index (χ0n) is 5.66. The number of hydrogen-bond acceptors (Lipinski definition) is 3. The Morgan fingerprint density at radius 3 is 2.80 bits per heavy atom. The van der Waals surface area contributed by atoms with Crippen LogP contribution in [0.4, 0.5) is 0 Å². The van der Waals surface area contributed by atoms with Crippen LogP contribution in [0, 0.1) is 12.3 Å². The summed E-state index contributed by atoms with van der Waals surface area (Å²) in [5.74, 6) is 1.62. The van der Waals surface area contributed by atoms with E-state index >= 15 is 0 Å². The van der Waals surface area contributed by atoms with E-state index in [0.29, 0.717) is 0 Å². The summed E-state index contributed by atoms with van der Waals surface area (Å²) in [5, 5.41) is 0. The molecule has 0 spiro atoms. The highest BCUT2D eigenvalue weighted by Gasteiger charge is 2.14. The predicted octanol–water partition coefficient (Wildman–Crippen LogP) is -0.207. The molecule has 0 aromatic heterocycles. The molecule has 10 heavy (non-hydrogen) atoms. The maximum Gasteiger partial charge on any atom is 0.224 e. The molecule has 3 nitrogen and oxygen atoms in total. The van der Waals surface area contributed by atoms with Gasteiger partial charge in [0.05, 0.1) is 0 Å². The van der Waals surface area contributed by atoms with E-state index in [9.17, 15) is 9.59 Å². The molecule has 3 heteroatoms. The number of hydrogen-bond donors (Lipinski definition) is 0. The van der Waals surface area contributed by atoms with Crippen LogP contribution in [0.3, 0.4) is 0 Å². The molecule has 0 aliphatic carbocycles. The van der Waals surface area contributed by atoms with Crippen molar-refractivity contribution < 1.29 is 14.3 Å². The van der Waals surface area contributed by atoms with Crippen molar-refractivity contribution in [3.8, 4) is 12.3 Å². The Hall–Kier alpha value is -1.14. The Morgan fingerprint density at radius 1 is 1.90 bits per heavy atom. The molecule has 1 unspecified atom stereocenters. The molecule has 0 heterocycles. The molecule has 0 amide bonds. The molecular formula is C7H8O3. The molecule has 0 aromatic carbocycles. The molecule has 0 saturated heterocycles. The molecule has 1 atom stereocenters. The highest BCUT2D eigenvalue weighted by Crippen LogP contribution is 1.94. The number of ketones is 1. The maximum absolute atomic E-state index is 10.5. The lowest BCUT2D eigenvalue weighted by molar-refractivity contribution is -0.136. The Bertz CT molecular complexity index is 166. The van der Waals surface area contributed by atoms with Gasteiger partial charge in [-0.1, -0.05) is 0 Å². The van der Waals surface area contributed by atoms with Gasteiger partial charge in [0.2, 0.25) is 5.78 Å². The lowest BCUT2D eigenvalue weighted by Crippen LogP contribution is -2.23. The first kappa shape index (κ1) is 8.86. The Morgan fingerprint density at radius 2 is 2.50 bits per heavy atom. The zero-order valence-corrected chi connectivity index (χ0v) is 5.66. The van der Waals surface area contributed by atoms with Crippen LogP contribution in [-0.2, 0) is 14.3 Å². The van der Waals surface area contributed by atoms with Crippen LogP contribution in [0.2, 0.25) is 0 Å². The summed E-state index contributed by atoms with van der Waals surface area (Å²) in [6.07, 6.45) is 4.50. The molecule has 54 valence electrons. The summed E-state index contributed by atoms with van der Waals surface area (Å²) < 4.78 is 4.62. The quantitative estimate of drug-likeness (QED) is 0.308. The van der Waals surface area contributed by atoms with Crippen molar-refractivity contribution in [3.05, 3.63) is 0 Å². The van der Waals surface area contributed by atoms with Crippen LogP contribution in [0.5, 0.6) is 0 Å². The third-order valence-corrected chi connectivity index (χ3v) is 1.02. The summed E-state index contributed by atoms with van der Waals surface area (Å²) in [5.41, 5.74) is 0. The monoisotopic (exact) mass is 140 g/mol. The van der Waals surface area contributed by atoms with Crippen molar-refractivity contribution in [2.45, 2.75) is 12.5 Å². The second-order valence-electron chi connectivity index (χ2n) is 1.65. The second-order valence-corrected chi connectivity index (χ2v) is 1.65. The van der Waals surface area contributed by atoms with Gasteiger partial charge in [-0.05, 0) is 0 Å². The van der Waals surface area contributed by atoms with Crippen molar-refractivity contribution >= 4 is 12.1 Å². The van der Waals surface area contributed by atoms with Crippen LogP contribution < -0.4 is 0 Å². The molecule has 0 radical (unpaired) electrons. The SMILES string of the molecule is C#CCC(OC)C(=O)C=O. The fourth-order valence-electron chi connectivity index (χ4n) is 0.483. The van der Waals surface area contributed by atoms with E-state index < -0.39 is 11.9 Å². The van der Waals surface area contributed by atoms with Crippen LogP contribution in [0.1, 0.15) is 6.42 Å². The van der Waals surface area contributed by atoms with Crippen LogP contribution in [0.25, 0.3) is 0 Å². The average molecular weight is 140 g/mol. The molecule has 0 aliphatic rings. The van der Waals surface area contributed by atoms with Gasteiger partial charge in [-0.15, -0.1) is 12.3 Å². The number of aldehydes is 1. The van der Waals surface area contributed by atoms with Crippen molar-refractivity contribution in [3.63, 3.8) is 0 Å². The zero-order chi connectivity index (χ0) is 7.98. The van der Waals surface area contributed by atoms with E-state index in [1.165, 1.54) is 7.11 Å². The molecule has 0 bridgehead atoms. The lowest BCUT2D eigenvalue weighted by Gasteiger charge is -2.04. The Kier molecular flexibility index (Phi) is 4.17. The van der Waals surface area contributed by atoms with E-state index in [1.807, 2.05) is 0 Å². The number of carbonyl (C=O) groups is 2. The highest BCUT2D eigenvalue weighted by atomic mass is 16.5. The summed E-state index contributed by atoms with van der Waals surface area (Å²) in [4.78, 5) is 20.4. The molecule has 0 N–H and O–H groups in total. The number of Topliss-reactive ketones (excluding diaryl/α,β-unsaturated/α-hetero) is 1. The topological polar surface area (TPSA) is 43.4 Å². The van der Waals surface area contributed by atoms with Gasteiger partial charge in [-0.25, -0.2) is 0 Å². The third kappa shape index (κ3) is 2.42. The van der Waals surface area contributed by atoms with Gasteiger partial charge in [0.15, 0.2) is 6.29 Å². The van der Waals surface area contributed by atoms with Crippen LogP contribution >= 0.6 is 0 Å². The number of terminal acetylenes is 1. The first-order chi connectivity index (χ1) is 4.76. The van der Waals surface area contributed by atoms with Gasteiger partial charge in [0, 0.05) is 13.5 Å². The Labute approximate surface area is 59.4 Å². The highest BCUT2D eigenvalue weighted by molar-refractivity contribution is 6.27. The first-order valence-electron chi connectivity index (χ1n) is 2.71. The minimum atomic E-state index is -0.762. The molecule has 0 rings (SSSR count). The van der Waals surface area contributed by atoms with Crippen molar-refractivity contribution in [1.82, 2.24) is 0 Å². The number of methoxy groups -OCH3 is 1. The van der Waals surface area contributed by atoms with Gasteiger partial charge in [0.1, 0.15) is 6.10 Å². The van der Waals surface area contributed by atoms with Crippen LogP contribution in [0.15, 0.2) is 0 Å². The summed E-state index contributed by atoms with van der Waals surface area (Å²) in [6.45, 7) is 0. The lowest BCUT2D eigenvalue weighted by atomic mass is 10.2. The van der Waals surface area contributed by atoms with E-state index in [4.69, 9.17) is 6.42 Å². The summed E-state index contributed by atoms with van der Waals surface area (Å²) >= 11 is 0. The smallest absolute Gasteiger partial charge is 0.224 e. The first-order valence-corrected chi connectivity index (χ1v) is 2.71. The molecule has 0 aromatic rings. The van der Waals surface area contributed by atoms with Crippen molar-refractivity contribution in [2.24, 2.45) is 0 Å². The van der Waals surface area contributed by atoms with Gasteiger partial charge >= 0.3 is 0 Å². The molecule has 0 fully saturated rings. The number of ether oxygens (including phenoxy) is 1. The third-order valence-electron chi connectivity index (χ3n) is 1.02. The molecular weight excluding hydrogens is 132 g/mol. The fourth-order valence-corrected chi connectivity index (χ4v) is 0.483. The predicted molar refractivity (Wildman–Crippen MR) is 35.3 cm³/mol. The minimum Gasteiger partial charge on any atom is -0.372 e. The standard InChI is InChI=1S/C7H8O3/c1-3-4-7(10-2)6(9)5-8/h1,5,7H,4H2,2H3. The van der Waals surface area contributed by atoms with E-state index in [1.54, 1.807) is 0 Å². The van der Waals surface area contributed by atoms with E-state index in [0.717, 1.165) is 0 Å². The maximum atomic E-state index is 10.5. The van der Waals surface area contributed by atoms with Gasteiger partial charge in [-0.2, -0.15) is 0 Å². The molecule has 0 saturated carbocycles. The molecule has 0 aliphatic heterocycles. The second kappa shape index (κ2) is 4.71. The summed E-state index contributed by atoms with van der Waals surface area (Å²) in [7, 11) is 1.34. The fraction of sp³-hybridized carbons (Fsp3) is 0.429. The number of carbonyl (C=O) groups excluding carboxylic acids is 2. The summed E-state index contributed by atoms with van der Waals surface area (Å²) in [6, 6.07) is 0. The largest absolute Gasteiger partial charge is 0.372 e. The Balaban J connectivity index is 3.95. The van der Waals surface area contributed by atoms with Gasteiger partial charge < -0.3 is 4.74 Å².